The summed E-state index contributed by atoms with van der Waals surface area (Å²) in [5.74, 6) is 0. The van der Waals surface area contributed by atoms with Gasteiger partial charge >= 0.3 is 5.25 Å². The third kappa shape index (κ3) is 1.52. The minimum atomic E-state index is -4.80. The molecule has 0 saturated heterocycles. The molecule has 100 valence electrons. The van der Waals surface area contributed by atoms with Crippen molar-refractivity contribution in [1.29, 1.82) is 0 Å². The number of hydrogen-bond acceptors (Lipinski definition) is 3. The maximum atomic E-state index is 13.6. The van der Waals surface area contributed by atoms with Crippen molar-refractivity contribution in [2.45, 2.75) is 42.4 Å². The fourth-order valence-corrected chi connectivity index (χ4v) is 3.65. The van der Waals surface area contributed by atoms with Crippen molar-refractivity contribution < 1.29 is 22.3 Å². The van der Waals surface area contributed by atoms with Crippen molar-refractivity contribution >= 4 is 9.84 Å². The summed E-state index contributed by atoms with van der Waals surface area (Å²) >= 11 is 0. The SMILES string of the molecule is CC(C)(C)c1cccc2c1[C@@H](O)C(F)(F)S2(=O)=O. The number of hydrogen-bond donors (Lipinski definition) is 1. The maximum absolute atomic E-state index is 13.6. The zero-order valence-corrected chi connectivity index (χ0v) is 11.1. The second kappa shape index (κ2) is 3.51. The van der Waals surface area contributed by atoms with E-state index in [9.17, 15) is 22.3 Å². The highest BCUT2D eigenvalue weighted by molar-refractivity contribution is 7.92. The third-order valence-corrected chi connectivity index (χ3v) is 4.99. The fourth-order valence-electron chi connectivity index (χ4n) is 2.18. The highest BCUT2D eigenvalue weighted by Crippen LogP contribution is 2.51. The van der Waals surface area contributed by atoms with Crippen LogP contribution in [-0.4, -0.2) is 18.8 Å². The van der Waals surface area contributed by atoms with Crippen molar-refractivity contribution in [2.75, 3.05) is 0 Å². The molecule has 2 rings (SSSR count). The van der Waals surface area contributed by atoms with Crippen LogP contribution in [0.4, 0.5) is 8.78 Å². The zero-order chi connectivity index (χ0) is 13.9. The Labute approximate surface area is 104 Å². The van der Waals surface area contributed by atoms with E-state index in [4.69, 9.17) is 0 Å². The van der Waals surface area contributed by atoms with Crippen molar-refractivity contribution in [3.63, 3.8) is 0 Å². The molecule has 0 fully saturated rings. The number of aliphatic hydroxyl groups is 1. The molecule has 0 bridgehead atoms. The predicted molar refractivity (Wildman–Crippen MR) is 62.2 cm³/mol. The van der Waals surface area contributed by atoms with E-state index >= 15 is 0 Å². The summed E-state index contributed by atoms with van der Waals surface area (Å²) in [5, 5.41) is 5.50. The van der Waals surface area contributed by atoms with Gasteiger partial charge in [0.15, 0.2) is 6.10 Å². The topological polar surface area (TPSA) is 54.4 Å². The first-order valence-electron chi connectivity index (χ1n) is 5.45. The molecule has 0 amide bonds. The van der Waals surface area contributed by atoms with Crippen molar-refractivity contribution in [3.8, 4) is 0 Å². The van der Waals surface area contributed by atoms with Gasteiger partial charge in [-0.05, 0) is 17.0 Å². The van der Waals surface area contributed by atoms with Crippen LogP contribution in [0.15, 0.2) is 23.1 Å². The van der Waals surface area contributed by atoms with Crippen LogP contribution in [0.3, 0.4) is 0 Å². The lowest BCUT2D eigenvalue weighted by molar-refractivity contribution is -0.0382. The van der Waals surface area contributed by atoms with Gasteiger partial charge in [0.25, 0.3) is 0 Å². The highest BCUT2D eigenvalue weighted by Gasteiger charge is 2.61. The van der Waals surface area contributed by atoms with E-state index in [1.807, 2.05) is 0 Å². The molecule has 1 aliphatic rings. The molecule has 0 saturated carbocycles. The number of sulfone groups is 1. The van der Waals surface area contributed by atoms with Gasteiger partial charge in [0.05, 0.1) is 4.90 Å². The minimum Gasteiger partial charge on any atom is -0.381 e. The number of halogens is 2. The average molecular weight is 276 g/mol. The fraction of sp³-hybridized carbons (Fsp3) is 0.500. The molecular formula is C12H14F2O3S. The van der Waals surface area contributed by atoms with Crippen LogP contribution in [0.25, 0.3) is 0 Å². The monoisotopic (exact) mass is 276 g/mol. The molecule has 1 aromatic rings. The van der Waals surface area contributed by atoms with Gasteiger partial charge in [0.2, 0.25) is 9.84 Å². The number of rotatable bonds is 0. The lowest BCUT2D eigenvalue weighted by atomic mass is 9.82. The number of fused-ring (bicyclic) bond motifs is 1. The van der Waals surface area contributed by atoms with Crippen LogP contribution in [-0.2, 0) is 15.3 Å². The van der Waals surface area contributed by atoms with E-state index in [1.54, 1.807) is 26.8 Å². The van der Waals surface area contributed by atoms with Gasteiger partial charge in [-0.3, -0.25) is 0 Å². The summed E-state index contributed by atoms with van der Waals surface area (Å²) < 4.78 is 50.6. The molecule has 0 radical (unpaired) electrons. The quantitative estimate of drug-likeness (QED) is 0.791. The van der Waals surface area contributed by atoms with Gasteiger partial charge in [0, 0.05) is 5.56 Å². The van der Waals surface area contributed by atoms with Crippen molar-refractivity contribution in [2.24, 2.45) is 0 Å². The van der Waals surface area contributed by atoms with Gasteiger partial charge in [0.1, 0.15) is 0 Å². The van der Waals surface area contributed by atoms with E-state index in [1.165, 1.54) is 6.07 Å². The molecule has 1 heterocycles. The van der Waals surface area contributed by atoms with Crippen molar-refractivity contribution in [1.82, 2.24) is 0 Å². The normalized spacial score (nSPS) is 24.9. The largest absolute Gasteiger partial charge is 0.381 e. The molecule has 0 aromatic heterocycles. The Kier molecular flexibility index (Phi) is 2.62. The summed E-state index contributed by atoms with van der Waals surface area (Å²) in [6.45, 7) is 5.33. The van der Waals surface area contributed by atoms with Gasteiger partial charge in [-0.25, -0.2) is 8.42 Å². The van der Waals surface area contributed by atoms with Crippen LogP contribution in [0, 0.1) is 0 Å². The van der Waals surface area contributed by atoms with Crippen LogP contribution in [0.1, 0.15) is 38.0 Å². The second-order valence-corrected chi connectivity index (χ2v) is 7.43. The molecule has 3 nitrogen and oxygen atoms in total. The Hall–Kier alpha value is -1.01. The molecule has 0 spiro atoms. The minimum absolute atomic E-state index is 0.171. The summed E-state index contributed by atoms with van der Waals surface area (Å²) in [7, 11) is -4.80. The van der Waals surface area contributed by atoms with Gasteiger partial charge in [-0.15, -0.1) is 0 Å². The van der Waals surface area contributed by atoms with Crippen LogP contribution < -0.4 is 0 Å². The van der Waals surface area contributed by atoms with Crippen LogP contribution in [0.5, 0.6) is 0 Å². The molecule has 0 aliphatic carbocycles. The van der Waals surface area contributed by atoms with Gasteiger partial charge in [-0.1, -0.05) is 32.9 Å². The van der Waals surface area contributed by atoms with Crippen molar-refractivity contribution in [3.05, 3.63) is 29.3 Å². The van der Waals surface area contributed by atoms with Gasteiger partial charge in [-0.2, -0.15) is 8.78 Å². The maximum Gasteiger partial charge on any atom is 0.379 e. The lowest BCUT2D eigenvalue weighted by Gasteiger charge is -2.23. The smallest absolute Gasteiger partial charge is 0.379 e. The number of aliphatic hydroxyl groups excluding tert-OH is 1. The Balaban J connectivity index is 2.85. The summed E-state index contributed by atoms with van der Waals surface area (Å²) in [6.07, 6.45) is -2.30. The Bertz CT molecular complexity index is 600. The van der Waals surface area contributed by atoms with E-state index in [2.05, 4.69) is 0 Å². The molecule has 0 unspecified atom stereocenters. The Morgan fingerprint density at radius 1 is 1.28 bits per heavy atom. The number of benzene rings is 1. The molecule has 1 N–H and O–H groups in total. The second-order valence-electron chi connectivity index (χ2n) is 5.44. The summed E-state index contributed by atoms with van der Waals surface area (Å²) in [4.78, 5) is -0.465. The van der Waals surface area contributed by atoms with Crippen LogP contribution >= 0.6 is 0 Å². The van der Waals surface area contributed by atoms with E-state index < -0.39 is 31.5 Å². The Morgan fingerprint density at radius 2 is 1.83 bits per heavy atom. The molecule has 1 aliphatic heterocycles. The average Bonchev–Trinajstić information content (AvgIpc) is 2.37. The standard InChI is InChI=1S/C12H14F2O3S/c1-11(2,3)7-5-4-6-8-9(7)10(15)12(13,14)18(8,16)17/h4-6,10,15H,1-3H3/t10-/m1/s1. The van der Waals surface area contributed by atoms with Crippen LogP contribution in [0.2, 0.25) is 0 Å². The van der Waals surface area contributed by atoms with E-state index in [-0.39, 0.29) is 5.56 Å². The Morgan fingerprint density at radius 3 is 2.33 bits per heavy atom. The zero-order valence-electron chi connectivity index (χ0n) is 10.2. The first kappa shape index (κ1) is 13.4. The molecular weight excluding hydrogens is 262 g/mol. The summed E-state index contributed by atoms with van der Waals surface area (Å²) in [5.41, 5.74) is -0.273. The first-order valence-corrected chi connectivity index (χ1v) is 6.93. The van der Waals surface area contributed by atoms with E-state index in [0.717, 1.165) is 6.07 Å². The summed E-state index contributed by atoms with van der Waals surface area (Å²) in [6, 6.07) is 4.11. The highest BCUT2D eigenvalue weighted by atomic mass is 32.2. The molecule has 1 atom stereocenters. The predicted octanol–water partition coefficient (Wildman–Crippen LogP) is 2.40. The number of alkyl halides is 2. The molecule has 18 heavy (non-hydrogen) atoms. The molecule has 6 heteroatoms. The van der Waals surface area contributed by atoms with Gasteiger partial charge < -0.3 is 5.11 Å². The lowest BCUT2D eigenvalue weighted by Crippen LogP contribution is -2.29. The van der Waals surface area contributed by atoms with E-state index in [0.29, 0.717) is 5.56 Å². The third-order valence-electron chi connectivity index (χ3n) is 3.11. The first-order chi connectivity index (χ1) is 8.01. The molecule has 1 aromatic carbocycles.